The lowest BCUT2D eigenvalue weighted by Gasteiger charge is -2.19. The third-order valence-corrected chi connectivity index (χ3v) is 17.4. The summed E-state index contributed by atoms with van der Waals surface area (Å²) in [5.41, 5.74) is 6.30. The fraction of sp³-hybridized carbons (Fsp3) is 0.250. The van der Waals surface area contributed by atoms with Gasteiger partial charge in [0.05, 0.1) is 20.2 Å². The number of hydrogen-bond donors (Lipinski definition) is 3. The number of hydrogen-bond acceptors (Lipinski definition) is 11. The zero-order chi connectivity index (χ0) is 56.3. The minimum absolute atomic E-state index is 0.117. The highest BCUT2D eigenvalue weighted by Crippen LogP contribution is 2.32. The van der Waals surface area contributed by atoms with Crippen molar-refractivity contribution in [3.8, 4) is 17.2 Å². The number of anilines is 3. The lowest BCUT2D eigenvalue weighted by Crippen LogP contribution is -2.34. The lowest BCUT2D eigenvalue weighted by atomic mass is 10.2. The Morgan fingerprint density at radius 3 is 1.06 bits per heavy atom. The first kappa shape index (κ1) is 58.0. The summed E-state index contributed by atoms with van der Waals surface area (Å²) in [5.74, 6) is 0.839. The maximum atomic E-state index is 12.6. The first-order chi connectivity index (χ1) is 37.6. The maximum absolute atomic E-state index is 12.6. The molecule has 23 heteroatoms. The van der Waals surface area contributed by atoms with Crippen LogP contribution in [0.5, 0.6) is 17.2 Å². The van der Waals surface area contributed by atoms with Gasteiger partial charge in [-0.25, -0.2) is 39.4 Å². The molecule has 0 amide bonds. The number of nitrogens with one attached hydrogen (secondary N) is 3. The summed E-state index contributed by atoms with van der Waals surface area (Å²) < 4.78 is 165. The Bertz CT molecular complexity index is 3490. The van der Waals surface area contributed by atoms with Gasteiger partial charge < -0.3 is 24.2 Å². The summed E-state index contributed by atoms with van der Waals surface area (Å²) in [6, 6.07) is 47.6. The summed E-state index contributed by atoms with van der Waals surface area (Å²) in [4.78, 5) is 6.34. The average Bonchev–Trinajstić information content (AvgIpc) is 4.16. The lowest BCUT2D eigenvalue weighted by molar-refractivity contribution is -0.274. The third kappa shape index (κ3) is 16.0. The minimum atomic E-state index is -4.81. The highest BCUT2D eigenvalue weighted by Gasteiger charge is 2.32. The van der Waals surface area contributed by atoms with E-state index >= 15 is 0 Å². The summed E-state index contributed by atoms with van der Waals surface area (Å²) in [5, 5.41) is 0. The Hall–Kier alpha value is -7.15. The molecule has 0 atom stereocenters. The molecule has 79 heavy (non-hydrogen) atoms. The molecule has 0 spiro atoms. The standard InChI is InChI=1S/C22H22N2O3S.C17H17F3N2O3S.C17H17F3N2O2S/c25-28(26,23-15-17-24-16-14-18-6-4-5-9-22(18)24)21-12-10-20(11-13-21)27-19-7-2-1-3-8-19;18-17(19,20)25-14-5-7-15(8-6-14)26(23,24)21-10-12-22-11-9-13-3-1-2-4-16(13)22;18-17(19,20)14-5-7-15(8-6-14)25(23,24)21-10-12-22-11-9-13-3-1-2-4-16(13)22/h1-13,23H,14-17H2;1-8,21H,9-12H2;1-8,21H,9-12H2. The molecule has 7 aromatic carbocycles. The Morgan fingerprint density at radius 1 is 0.392 bits per heavy atom. The van der Waals surface area contributed by atoms with E-state index in [2.05, 4.69) is 45.7 Å². The van der Waals surface area contributed by atoms with E-state index in [9.17, 15) is 51.6 Å². The molecule has 0 fully saturated rings. The van der Waals surface area contributed by atoms with Gasteiger partial charge in [0, 0.05) is 76.0 Å². The fourth-order valence-corrected chi connectivity index (χ4v) is 12.1. The molecular weight excluding hydrogens is 1090 g/mol. The van der Waals surface area contributed by atoms with Gasteiger partial charge in [-0.05, 0) is 139 Å². The van der Waals surface area contributed by atoms with Crippen molar-refractivity contribution in [3.05, 3.63) is 198 Å². The molecule has 0 radical (unpaired) electrons. The van der Waals surface area contributed by atoms with Crippen molar-refractivity contribution in [3.63, 3.8) is 0 Å². The number of fused-ring (bicyclic) bond motifs is 3. The maximum Gasteiger partial charge on any atom is 0.573 e. The number of rotatable bonds is 18. The molecule has 418 valence electrons. The minimum Gasteiger partial charge on any atom is -0.457 e. The predicted octanol–water partition coefficient (Wildman–Crippen LogP) is 9.79. The molecule has 0 bridgehead atoms. The molecule has 10 rings (SSSR count). The van der Waals surface area contributed by atoms with Crippen molar-refractivity contribution >= 4 is 47.1 Å². The van der Waals surface area contributed by atoms with Gasteiger partial charge in [-0.3, -0.25) is 0 Å². The van der Waals surface area contributed by atoms with Crippen LogP contribution in [0.15, 0.2) is 191 Å². The van der Waals surface area contributed by atoms with E-state index in [0.717, 1.165) is 98.8 Å². The van der Waals surface area contributed by atoms with Crippen LogP contribution in [0, 0.1) is 0 Å². The third-order valence-electron chi connectivity index (χ3n) is 12.9. The van der Waals surface area contributed by atoms with E-state index in [-0.39, 0.29) is 27.8 Å². The molecular formula is C56H56F6N6O8S3. The summed E-state index contributed by atoms with van der Waals surface area (Å²) in [6.45, 7) is 4.94. The van der Waals surface area contributed by atoms with Gasteiger partial charge in [-0.1, -0.05) is 72.8 Å². The van der Waals surface area contributed by atoms with Crippen LogP contribution in [0.1, 0.15) is 22.3 Å². The Kier molecular flexibility index (Phi) is 18.6. The molecule has 3 N–H and O–H groups in total. The summed E-state index contributed by atoms with van der Waals surface area (Å²) in [7, 11) is -11.2. The van der Waals surface area contributed by atoms with E-state index in [1.165, 1.54) is 22.4 Å². The van der Waals surface area contributed by atoms with Crippen molar-refractivity contribution < 1.29 is 61.1 Å². The molecule has 14 nitrogen and oxygen atoms in total. The molecule has 0 aliphatic carbocycles. The molecule has 3 aliphatic heterocycles. The number of benzene rings is 7. The molecule has 0 saturated carbocycles. The number of sulfonamides is 3. The number of alkyl halides is 6. The van der Waals surface area contributed by atoms with Crippen molar-refractivity contribution in [2.45, 2.75) is 46.5 Å². The van der Waals surface area contributed by atoms with Gasteiger partial charge in [0.15, 0.2) is 0 Å². The van der Waals surface area contributed by atoms with Crippen molar-refractivity contribution in [1.29, 1.82) is 0 Å². The second kappa shape index (κ2) is 25.3. The second-order valence-electron chi connectivity index (χ2n) is 18.2. The second-order valence-corrected chi connectivity index (χ2v) is 23.5. The topological polar surface area (TPSA) is 167 Å². The van der Waals surface area contributed by atoms with Crippen LogP contribution in [-0.4, -0.2) is 90.5 Å². The summed E-state index contributed by atoms with van der Waals surface area (Å²) in [6.07, 6.45) is -6.46. The van der Waals surface area contributed by atoms with Crippen LogP contribution < -0.4 is 38.3 Å². The van der Waals surface area contributed by atoms with Gasteiger partial charge >= 0.3 is 12.5 Å². The predicted molar refractivity (Wildman–Crippen MR) is 290 cm³/mol. The quantitative estimate of drug-likeness (QED) is 0.0701. The van der Waals surface area contributed by atoms with Gasteiger partial charge in [0.2, 0.25) is 30.1 Å². The highest BCUT2D eigenvalue weighted by atomic mass is 32.2. The number of para-hydroxylation sites is 4. The Morgan fingerprint density at radius 2 is 0.709 bits per heavy atom. The van der Waals surface area contributed by atoms with E-state index in [1.807, 2.05) is 91.0 Å². The van der Waals surface area contributed by atoms with Crippen molar-refractivity contribution in [2.24, 2.45) is 0 Å². The van der Waals surface area contributed by atoms with Crippen LogP contribution in [0.2, 0.25) is 0 Å². The zero-order valence-electron chi connectivity index (χ0n) is 42.3. The zero-order valence-corrected chi connectivity index (χ0v) is 44.8. The van der Waals surface area contributed by atoms with Gasteiger partial charge in [-0.15, -0.1) is 13.2 Å². The number of nitrogens with zero attached hydrogens (tertiary/aromatic N) is 3. The average molecular weight is 1150 g/mol. The first-order valence-corrected chi connectivity index (χ1v) is 29.4. The smallest absolute Gasteiger partial charge is 0.457 e. The fourth-order valence-electron chi connectivity index (χ4n) is 9.07. The van der Waals surface area contributed by atoms with E-state index < -0.39 is 53.9 Å². The summed E-state index contributed by atoms with van der Waals surface area (Å²) >= 11 is 0. The highest BCUT2D eigenvalue weighted by molar-refractivity contribution is 7.90. The van der Waals surface area contributed by atoms with Crippen molar-refractivity contribution in [2.75, 3.05) is 73.6 Å². The van der Waals surface area contributed by atoms with Crippen LogP contribution in [0.4, 0.5) is 43.4 Å². The Balaban J connectivity index is 0.000000156. The van der Waals surface area contributed by atoms with Crippen LogP contribution in [0.25, 0.3) is 0 Å². The largest absolute Gasteiger partial charge is 0.573 e. The van der Waals surface area contributed by atoms with Gasteiger partial charge in [0.25, 0.3) is 0 Å². The number of ether oxygens (including phenoxy) is 2. The first-order valence-electron chi connectivity index (χ1n) is 25.0. The normalized spacial score (nSPS) is 14.1. The van der Waals surface area contributed by atoms with Crippen LogP contribution in [-0.2, 0) is 55.5 Å². The van der Waals surface area contributed by atoms with Gasteiger partial charge in [0.1, 0.15) is 17.2 Å². The number of halogens is 6. The van der Waals surface area contributed by atoms with Crippen LogP contribution >= 0.6 is 0 Å². The molecule has 3 heterocycles. The van der Waals surface area contributed by atoms with Crippen molar-refractivity contribution in [1.82, 2.24) is 14.2 Å². The molecule has 0 unspecified atom stereocenters. The molecule has 3 aliphatic rings. The SMILES string of the molecule is O=S(=O)(NCCN1CCc2ccccc21)c1ccc(C(F)(F)F)cc1.O=S(=O)(NCCN1CCc2ccccc21)c1ccc(OC(F)(F)F)cc1.O=S(=O)(NCCN1CCc2ccccc21)c1ccc(Oc2ccccc2)cc1. The Labute approximate surface area is 455 Å². The molecule has 0 saturated heterocycles. The molecule has 7 aromatic rings. The molecule has 0 aromatic heterocycles. The van der Waals surface area contributed by atoms with E-state index in [1.54, 1.807) is 24.3 Å². The van der Waals surface area contributed by atoms with Crippen LogP contribution in [0.3, 0.4) is 0 Å². The monoisotopic (exact) mass is 1150 g/mol. The van der Waals surface area contributed by atoms with E-state index in [0.29, 0.717) is 37.7 Å². The van der Waals surface area contributed by atoms with E-state index in [4.69, 9.17) is 4.74 Å². The van der Waals surface area contributed by atoms with Gasteiger partial charge in [-0.2, -0.15) is 13.2 Å².